The SMILES string of the molecule is Clc1ccccc1-c1nnc(CSc2nnc(N3CCCC3)s2)o1. The van der Waals surface area contributed by atoms with Crippen LogP contribution in [0, 0.1) is 0 Å². The average Bonchev–Trinajstić information content (AvgIpc) is 3.34. The highest BCUT2D eigenvalue weighted by Gasteiger charge is 2.17. The summed E-state index contributed by atoms with van der Waals surface area (Å²) in [5, 5.41) is 18.2. The Kier molecular flexibility index (Phi) is 4.68. The van der Waals surface area contributed by atoms with Crippen molar-refractivity contribution < 1.29 is 4.42 Å². The summed E-state index contributed by atoms with van der Waals surface area (Å²) >= 11 is 9.32. The molecule has 1 saturated heterocycles. The van der Waals surface area contributed by atoms with Crippen LogP contribution in [0.5, 0.6) is 0 Å². The van der Waals surface area contributed by atoms with Crippen LogP contribution in [0.1, 0.15) is 18.7 Å². The van der Waals surface area contributed by atoms with Crippen molar-refractivity contribution in [3.05, 3.63) is 35.2 Å². The summed E-state index contributed by atoms with van der Waals surface area (Å²) in [6.07, 6.45) is 2.46. The molecule has 0 saturated carbocycles. The van der Waals surface area contributed by atoms with E-state index in [1.54, 1.807) is 29.2 Å². The number of thioether (sulfide) groups is 1. The van der Waals surface area contributed by atoms with Crippen LogP contribution in [0.25, 0.3) is 11.5 Å². The van der Waals surface area contributed by atoms with Crippen LogP contribution >= 0.6 is 34.7 Å². The van der Waals surface area contributed by atoms with Crippen molar-refractivity contribution in [3.63, 3.8) is 0 Å². The minimum Gasteiger partial charge on any atom is -0.420 e. The lowest BCUT2D eigenvalue weighted by Gasteiger charge is -2.10. The van der Waals surface area contributed by atoms with Crippen LogP contribution in [0.15, 0.2) is 33.0 Å². The van der Waals surface area contributed by atoms with E-state index in [1.807, 2.05) is 18.2 Å². The second-order valence-corrected chi connectivity index (χ2v) is 7.90. The largest absolute Gasteiger partial charge is 0.420 e. The Morgan fingerprint density at radius 3 is 2.79 bits per heavy atom. The molecule has 0 unspecified atom stereocenters. The third-order valence-electron chi connectivity index (χ3n) is 3.66. The van der Waals surface area contributed by atoms with E-state index in [4.69, 9.17) is 16.0 Å². The number of nitrogens with zero attached hydrogens (tertiary/aromatic N) is 5. The van der Waals surface area contributed by atoms with Crippen LogP contribution in [-0.2, 0) is 5.75 Å². The zero-order valence-electron chi connectivity index (χ0n) is 12.7. The van der Waals surface area contributed by atoms with E-state index in [0.29, 0.717) is 22.6 Å². The topological polar surface area (TPSA) is 67.9 Å². The number of halogens is 1. The van der Waals surface area contributed by atoms with Crippen molar-refractivity contribution in [3.8, 4) is 11.5 Å². The molecule has 4 rings (SSSR count). The smallest absolute Gasteiger partial charge is 0.249 e. The predicted molar refractivity (Wildman–Crippen MR) is 95.7 cm³/mol. The van der Waals surface area contributed by atoms with Gasteiger partial charge in [0.25, 0.3) is 0 Å². The van der Waals surface area contributed by atoms with Gasteiger partial charge in [0.2, 0.25) is 16.9 Å². The molecule has 0 amide bonds. The summed E-state index contributed by atoms with van der Waals surface area (Å²) in [4.78, 5) is 2.28. The maximum Gasteiger partial charge on any atom is 0.249 e. The van der Waals surface area contributed by atoms with Gasteiger partial charge in [-0.15, -0.1) is 20.4 Å². The normalized spacial score (nSPS) is 14.5. The third kappa shape index (κ3) is 3.40. The number of aromatic nitrogens is 4. The second kappa shape index (κ2) is 7.08. The highest BCUT2D eigenvalue weighted by atomic mass is 35.5. The fourth-order valence-electron chi connectivity index (χ4n) is 2.48. The molecular formula is C15H14ClN5OS2. The van der Waals surface area contributed by atoms with Crippen molar-refractivity contribution in [2.75, 3.05) is 18.0 Å². The molecular weight excluding hydrogens is 366 g/mol. The molecule has 0 aliphatic carbocycles. The molecule has 3 heterocycles. The Morgan fingerprint density at radius 1 is 1.12 bits per heavy atom. The minimum absolute atomic E-state index is 0.436. The van der Waals surface area contributed by atoms with Gasteiger partial charge < -0.3 is 9.32 Å². The fraction of sp³-hybridized carbons (Fsp3) is 0.333. The van der Waals surface area contributed by atoms with Crippen molar-refractivity contribution in [1.82, 2.24) is 20.4 Å². The first-order valence-corrected chi connectivity index (χ1v) is 9.76. The maximum absolute atomic E-state index is 6.15. The Bertz CT molecular complexity index is 831. The molecule has 0 bridgehead atoms. The van der Waals surface area contributed by atoms with Crippen LogP contribution in [0.2, 0.25) is 5.02 Å². The molecule has 1 aliphatic heterocycles. The van der Waals surface area contributed by atoms with Gasteiger partial charge in [0, 0.05) is 13.1 Å². The lowest BCUT2D eigenvalue weighted by molar-refractivity contribution is 0.528. The Hall–Kier alpha value is -1.64. The molecule has 6 nitrogen and oxygen atoms in total. The number of hydrogen-bond donors (Lipinski definition) is 0. The molecule has 0 radical (unpaired) electrons. The number of anilines is 1. The Balaban J connectivity index is 1.41. The summed E-state index contributed by atoms with van der Waals surface area (Å²) in [6, 6.07) is 7.42. The predicted octanol–water partition coefficient (Wildman–Crippen LogP) is 4.13. The van der Waals surface area contributed by atoms with Gasteiger partial charge in [-0.3, -0.25) is 0 Å². The molecule has 2 aromatic heterocycles. The molecule has 0 spiro atoms. The highest BCUT2D eigenvalue weighted by Crippen LogP contribution is 2.32. The summed E-state index contributed by atoms with van der Waals surface area (Å²) in [5.41, 5.74) is 0.746. The van der Waals surface area contributed by atoms with E-state index in [1.165, 1.54) is 12.8 Å². The molecule has 9 heteroatoms. The van der Waals surface area contributed by atoms with Gasteiger partial charge in [0.05, 0.1) is 16.3 Å². The molecule has 0 atom stereocenters. The van der Waals surface area contributed by atoms with Crippen molar-refractivity contribution in [2.24, 2.45) is 0 Å². The summed E-state index contributed by atoms with van der Waals surface area (Å²) in [5.74, 6) is 1.55. The van der Waals surface area contributed by atoms with Crippen LogP contribution in [0.3, 0.4) is 0 Å². The first-order chi connectivity index (χ1) is 11.8. The number of benzene rings is 1. The first-order valence-electron chi connectivity index (χ1n) is 7.58. The van der Waals surface area contributed by atoms with Crippen LogP contribution in [-0.4, -0.2) is 33.5 Å². The van der Waals surface area contributed by atoms with Crippen molar-refractivity contribution >= 4 is 39.8 Å². The van der Waals surface area contributed by atoms with E-state index in [0.717, 1.165) is 28.1 Å². The number of hydrogen-bond acceptors (Lipinski definition) is 8. The molecule has 0 N–H and O–H groups in total. The summed E-state index contributed by atoms with van der Waals surface area (Å²) < 4.78 is 6.61. The quantitative estimate of drug-likeness (QED) is 0.617. The van der Waals surface area contributed by atoms with Gasteiger partial charge >= 0.3 is 0 Å². The van der Waals surface area contributed by atoms with Gasteiger partial charge in [-0.25, -0.2) is 0 Å². The second-order valence-electron chi connectivity index (χ2n) is 5.31. The van der Waals surface area contributed by atoms with Crippen molar-refractivity contribution in [1.29, 1.82) is 0 Å². The van der Waals surface area contributed by atoms with Gasteiger partial charge in [-0.05, 0) is 25.0 Å². The molecule has 124 valence electrons. The Labute approximate surface area is 152 Å². The fourth-order valence-corrected chi connectivity index (χ4v) is 4.42. The van der Waals surface area contributed by atoms with Gasteiger partial charge in [-0.1, -0.05) is 46.8 Å². The van der Waals surface area contributed by atoms with Crippen LogP contribution < -0.4 is 4.90 Å². The van der Waals surface area contributed by atoms with Crippen LogP contribution in [0.4, 0.5) is 5.13 Å². The molecule has 24 heavy (non-hydrogen) atoms. The zero-order valence-corrected chi connectivity index (χ0v) is 15.1. The minimum atomic E-state index is 0.436. The van der Waals surface area contributed by atoms with Gasteiger partial charge in [0.15, 0.2) is 4.34 Å². The number of rotatable bonds is 5. The molecule has 1 aromatic carbocycles. The van der Waals surface area contributed by atoms with Crippen molar-refractivity contribution in [2.45, 2.75) is 22.9 Å². The molecule has 1 fully saturated rings. The van der Waals surface area contributed by atoms with E-state index in [-0.39, 0.29) is 0 Å². The summed E-state index contributed by atoms with van der Waals surface area (Å²) in [7, 11) is 0. The third-order valence-corrected chi connectivity index (χ3v) is 6.09. The zero-order chi connectivity index (χ0) is 16.4. The summed E-state index contributed by atoms with van der Waals surface area (Å²) in [6.45, 7) is 2.15. The van der Waals surface area contributed by atoms with E-state index in [9.17, 15) is 0 Å². The lowest BCUT2D eigenvalue weighted by Crippen LogP contribution is -2.17. The average molecular weight is 380 g/mol. The molecule has 1 aliphatic rings. The monoisotopic (exact) mass is 379 g/mol. The highest BCUT2D eigenvalue weighted by molar-refractivity contribution is 8.00. The lowest BCUT2D eigenvalue weighted by atomic mass is 10.2. The standard InChI is InChI=1S/C15H14ClN5OS2/c16-11-6-2-1-5-10(11)13-18-17-12(22-13)9-23-15-20-19-14(24-15)21-7-3-4-8-21/h1-2,5-6H,3-4,7-9H2. The van der Waals surface area contributed by atoms with E-state index >= 15 is 0 Å². The van der Waals surface area contributed by atoms with Gasteiger partial charge in [0.1, 0.15) is 0 Å². The maximum atomic E-state index is 6.15. The Morgan fingerprint density at radius 2 is 1.96 bits per heavy atom. The van der Waals surface area contributed by atoms with E-state index in [2.05, 4.69) is 25.3 Å². The molecule has 3 aromatic rings. The first kappa shape index (κ1) is 15.9. The van der Waals surface area contributed by atoms with Gasteiger partial charge in [-0.2, -0.15) is 0 Å². The van der Waals surface area contributed by atoms with E-state index < -0.39 is 0 Å².